The summed E-state index contributed by atoms with van der Waals surface area (Å²) in [5.74, 6) is 0.770. The topological polar surface area (TPSA) is 29.5 Å². The molecule has 0 amide bonds. The highest BCUT2D eigenvalue weighted by Gasteiger charge is 2.50. The summed E-state index contributed by atoms with van der Waals surface area (Å²) in [7, 11) is 0. The number of ether oxygens (including phenoxy) is 1. The Morgan fingerprint density at radius 1 is 1.09 bits per heavy atom. The van der Waals surface area contributed by atoms with Gasteiger partial charge >= 0.3 is 0 Å². The molecule has 2 aliphatic heterocycles. The Balaban J connectivity index is 1.94. The molecular formula is C9H14O2. The maximum atomic E-state index is 10.0. The molecule has 2 aliphatic carbocycles. The van der Waals surface area contributed by atoms with Crippen LogP contribution in [0.4, 0.5) is 0 Å². The minimum atomic E-state index is -0.325. The Labute approximate surface area is 66.5 Å². The van der Waals surface area contributed by atoms with Crippen molar-refractivity contribution in [2.45, 2.75) is 49.9 Å². The highest BCUT2D eigenvalue weighted by Crippen LogP contribution is 2.49. The molecule has 2 heterocycles. The molecule has 0 spiro atoms. The summed E-state index contributed by atoms with van der Waals surface area (Å²) >= 11 is 0. The number of hydrogen-bond acceptors (Lipinski definition) is 2. The van der Waals surface area contributed by atoms with Crippen molar-refractivity contribution < 1.29 is 9.84 Å². The fraction of sp³-hybridized carbons (Fsp3) is 1.00. The number of rotatable bonds is 0. The van der Waals surface area contributed by atoms with Crippen molar-refractivity contribution in [2.75, 3.05) is 0 Å². The van der Waals surface area contributed by atoms with E-state index in [9.17, 15) is 5.11 Å². The first-order chi connectivity index (χ1) is 5.23. The fourth-order valence-electron chi connectivity index (χ4n) is 3.29. The van der Waals surface area contributed by atoms with Crippen LogP contribution in [0.25, 0.3) is 0 Å². The first-order valence-electron chi connectivity index (χ1n) is 4.61. The average Bonchev–Trinajstić information content (AvgIpc) is 1.79. The quantitative estimate of drug-likeness (QED) is 0.565. The van der Waals surface area contributed by atoms with Gasteiger partial charge in [-0.15, -0.1) is 0 Å². The maximum Gasteiger partial charge on any atom is 0.0699 e. The van der Waals surface area contributed by atoms with Crippen LogP contribution in [-0.2, 0) is 4.74 Å². The molecule has 0 aromatic heterocycles. The minimum absolute atomic E-state index is 0.325. The third-order valence-corrected chi connectivity index (χ3v) is 3.46. The first-order valence-corrected chi connectivity index (χ1v) is 4.61. The molecule has 2 saturated heterocycles. The molecule has 2 saturated carbocycles. The molecular weight excluding hydrogens is 140 g/mol. The lowest BCUT2D eigenvalue weighted by atomic mass is 9.65. The van der Waals surface area contributed by atoms with E-state index in [1.807, 2.05) is 0 Å². The van der Waals surface area contributed by atoms with Gasteiger partial charge in [0.05, 0.1) is 17.8 Å². The highest BCUT2D eigenvalue weighted by molar-refractivity contribution is 5.01. The van der Waals surface area contributed by atoms with Gasteiger partial charge in [0.25, 0.3) is 0 Å². The molecule has 4 aliphatic rings. The van der Waals surface area contributed by atoms with Crippen LogP contribution < -0.4 is 0 Å². The van der Waals surface area contributed by atoms with Crippen LogP contribution in [0.15, 0.2) is 0 Å². The van der Waals surface area contributed by atoms with E-state index in [1.54, 1.807) is 0 Å². The van der Waals surface area contributed by atoms with Gasteiger partial charge in [-0.25, -0.2) is 0 Å². The van der Waals surface area contributed by atoms with Gasteiger partial charge in [-0.1, -0.05) is 0 Å². The smallest absolute Gasteiger partial charge is 0.0699 e. The maximum absolute atomic E-state index is 10.0. The summed E-state index contributed by atoms with van der Waals surface area (Å²) in [6.45, 7) is 0. The molecule has 4 rings (SSSR count). The molecule has 4 atom stereocenters. The normalized spacial score (nSPS) is 60.3. The molecule has 4 fully saturated rings. The first kappa shape index (κ1) is 6.44. The van der Waals surface area contributed by atoms with Gasteiger partial charge in [-0.05, 0) is 25.2 Å². The van der Waals surface area contributed by atoms with Crippen molar-refractivity contribution in [1.82, 2.24) is 0 Å². The van der Waals surface area contributed by atoms with Crippen LogP contribution in [0.2, 0.25) is 0 Å². The molecule has 0 radical (unpaired) electrons. The molecule has 1 N–H and O–H groups in total. The summed E-state index contributed by atoms with van der Waals surface area (Å²) in [5, 5.41) is 10.0. The van der Waals surface area contributed by atoms with Crippen molar-refractivity contribution >= 4 is 0 Å². The van der Waals surface area contributed by atoms with Crippen molar-refractivity contribution in [3.8, 4) is 0 Å². The largest absolute Gasteiger partial charge is 0.390 e. The highest BCUT2D eigenvalue weighted by atomic mass is 16.5. The predicted octanol–water partition coefficient (Wildman–Crippen LogP) is 1.08. The Morgan fingerprint density at radius 2 is 1.73 bits per heavy atom. The second kappa shape index (κ2) is 1.80. The lowest BCUT2D eigenvalue weighted by molar-refractivity contribution is -0.219. The lowest BCUT2D eigenvalue weighted by Gasteiger charge is -2.53. The Kier molecular flexibility index (Phi) is 1.06. The van der Waals surface area contributed by atoms with Crippen LogP contribution in [0.3, 0.4) is 0 Å². The van der Waals surface area contributed by atoms with Gasteiger partial charge < -0.3 is 9.84 Å². The molecule has 0 aromatic carbocycles. The molecule has 2 heteroatoms. The van der Waals surface area contributed by atoms with Gasteiger partial charge in [-0.3, -0.25) is 0 Å². The third kappa shape index (κ3) is 0.859. The summed E-state index contributed by atoms with van der Waals surface area (Å²) in [6.07, 6.45) is 6.05. The Morgan fingerprint density at radius 3 is 2.18 bits per heavy atom. The Bertz CT molecular complexity index is 153. The van der Waals surface area contributed by atoms with Crippen molar-refractivity contribution in [3.63, 3.8) is 0 Å². The van der Waals surface area contributed by atoms with E-state index in [0.29, 0.717) is 12.2 Å². The summed E-state index contributed by atoms with van der Waals surface area (Å²) in [6, 6.07) is 0. The van der Waals surface area contributed by atoms with Crippen LogP contribution in [0, 0.1) is 5.92 Å². The summed E-state index contributed by atoms with van der Waals surface area (Å²) in [5.41, 5.74) is -0.325. The average molecular weight is 154 g/mol. The summed E-state index contributed by atoms with van der Waals surface area (Å²) in [4.78, 5) is 0. The van der Waals surface area contributed by atoms with E-state index in [0.717, 1.165) is 25.2 Å². The second-order valence-electron chi connectivity index (χ2n) is 4.55. The fourth-order valence-corrected chi connectivity index (χ4v) is 3.29. The van der Waals surface area contributed by atoms with Crippen LogP contribution in [-0.4, -0.2) is 22.9 Å². The molecule has 0 aromatic rings. The van der Waals surface area contributed by atoms with Crippen molar-refractivity contribution in [3.05, 3.63) is 0 Å². The van der Waals surface area contributed by atoms with Gasteiger partial charge in [0, 0.05) is 12.8 Å². The summed E-state index contributed by atoms with van der Waals surface area (Å²) < 4.78 is 5.73. The molecule has 62 valence electrons. The van der Waals surface area contributed by atoms with Crippen molar-refractivity contribution in [2.24, 2.45) is 5.92 Å². The zero-order valence-corrected chi connectivity index (χ0v) is 6.62. The lowest BCUT2D eigenvalue weighted by Crippen LogP contribution is -2.55. The van der Waals surface area contributed by atoms with E-state index in [1.165, 1.54) is 12.8 Å². The number of aliphatic hydroxyl groups is 1. The molecule has 11 heavy (non-hydrogen) atoms. The van der Waals surface area contributed by atoms with Crippen LogP contribution in [0.5, 0.6) is 0 Å². The van der Waals surface area contributed by atoms with E-state index >= 15 is 0 Å². The molecule has 0 unspecified atom stereocenters. The minimum Gasteiger partial charge on any atom is -0.390 e. The van der Waals surface area contributed by atoms with Crippen molar-refractivity contribution in [1.29, 1.82) is 0 Å². The predicted molar refractivity (Wildman–Crippen MR) is 40.2 cm³/mol. The standard InChI is InChI=1S/C9H14O2/c10-9-3-6-1-7(4-9)11-8(2-6)5-9/h6-8,10H,1-5H2/t6-,7+,8-,9+. The van der Waals surface area contributed by atoms with E-state index in [-0.39, 0.29) is 5.60 Å². The van der Waals surface area contributed by atoms with Gasteiger partial charge in [0.1, 0.15) is 0 Å². The molecule has 4 bridgehead atoms. The number of hydrogen-bond donors (Lipinski definition) is 1. The van der Waals surface area contributed by atoms with Crippen LogP contribution in [0.1, 0.15) is 32.1 Å². The SMILES string of the molecule is O[C@]12C[C@H]3C[C@H](C1)O[C@@H](C3)C2. The Hall–Kier alpha value is -0.0800. The van der Waals surface area contributed by atoms with Gasteiger partial charge in [-0.2, -0.15) is 0 Å². The van der Waals surface area contributed by atoms with Gasteiger partial charge in [0.2, 0.25) is 0 Å². The van der Waals surface area contributed by atoms with E-state index in [2.05, 4.69) is 0 Å². The van der Waals surface area contributed by atoms with Gasteiger partial charge in [0.15, 0.2) is 0 Å². The van der Waals surface area contributed by atoms with E-state index < -0.39 is 0 Å². The third-order valence-electron chi connectivity index (χ3n) is 3.46. The monoisotopic (exact) mass is 154 g/mol. The molecule has 2 nitrogen and oxygen atoms in total. The second-order valence-corrected chi connectivity index (χ2v) is 4.55. The zero-order chi connectivity index (χ0) is 7.47. The van der Waals surface area contributed by atoms with E-state index in [4.69, 9.17) is 4.74 Å². The zero-order valence-electron chi connectivity index (χ0n) is 6.62. The van der Waals surface area contributed by atoms with Crippen LogP contribution >= 0.6 is 0 Å².